The lowest BCUT2D eigenvalue weighted by molar-refractivity contribution is 1.26. The van der Waals surface area contributed by atoms with Crippen LogP contribution in [0.3, 0.4) is 0 Å². The van der Waals surface area contributed by atoms with Gasteiger partial charge in [-0.2, -0.15) is 15.6 Å². The molecule has 11 heavy (non-hydrogen) atoms. The van der Waals surface area contributed by atoms with Gasteiger partial charge in [-0.05, 0) is 0 Å². The summed E-state index contributed by atoms with van der Waals surface area (Å²) in [4.78, 5) is 0. The summed E-state index contributed by atoms with van der Waals surface area (Å²) in [5, 5.41) is 31.9. The molecule has 0 bridgehead atoms. The lowest BCUT2D eigenvalue weighted by Gasteiger charge is -1.82. The van der Waals surface area contributed by atoms with E-state index in [1.807, 2.05) is 0 Å². The van der Waals surface area contributed by atoms with Gasteiger partial charge in [0.05, 0.1) is 11.5 Å². The van der Waals surface area contributed by atoms with Crippen LogP contribution in [0.1, 0.15) is 0 Å². The summed E-state index contributed by atoms with van der Waals surface area (Å²) >= 11 is 0. The number of nitrogens with zero attached hydrogens (tertiary/aromatic N) is 5. The fourth-order valence-electron chi connectivity index (χ4n) is 0.644. The van der Waals surface area contributed by atoms with Gasteiger partial charge in [0.1, 0.15) is 6.07 Å². The molecule has 0 spiro atoms. The Hall–Kier alpha value is -2.13. The van der Waals surface area contributed by atoms with Crippen LogP contribution in [0, 0.1) is 33.9 Å². The lowest BCUT2D eigenvalue weighted by atomic mass is 9.59. The van der Waals surface area contributed by atoms with E-state index in [0.717, 1.165) is 0 Å². The summed E-state index contributed by atoms with van der Waals surface area (Å²) in [7, 11) is 0. The van der Waals surface area contributed by atoms with Crippen molar-refractivity contribution in [2.75, 3.05) is 0 Å². The molecule has 1 heterocycles. The second-order valence-electron chi connectivity index (χ2n) is 1.73. The molecular formula is C5BN5. The molecule has 5 nitrogen and oxygen atoms in total. The quantitative estimate of drug-likeness (QED) is 0.455. The molecule has 0 aromatic rings. The largest absolute Gasteiger partial charge is 0.468 e. The Morgan fingerprint density at radius 2 is 1.91 bits per heavy atom. The molecule has 0 aromatic carbocycles. The van der Waals surface area contributed by atoms with Crippen molar-refractivity contribution in [1.29, 1.82) is 15.8 Å². The maximum absolute atomic E-state index is 8.44. The zero-order valence-corrected chi connectivity index (χ0v) is 5.31. The average molecular weight is 141 g/mol. The molecule has 0 saturated heterocycles. The van der Waals surface area contributed by atoms with Crippen molar-refractivity contribution in [3.8, 4) is 18.1 Å². The van der Waals surface area contributed by atoms with Gasteiger partial charge in [0.2, 0.25) is 0 Å². The maximum atomic E-state index is 8.44. The van der Waals surface area contributed by atoms with Gasteiger partial charge in [0, 0.05) is 5.97 Å². The van der Waals surface area contributed by atoms with Crippen molar-refractivity contribution >= 4 is 6.85 Å². The van der Waals surface area contributed by atoms with Crippen molar-refractivity contribution < 1.29 is 0 Å². The van der Waals surface area contributed by atoms with Crippen molar-refractivity contribution in [2.45, 2.75) is 0 Å². The summed E-state index contributed by atoms with van der Waals surface area (Å²) < 4.78 is 0. The fraction of sp³-hybridized carbons (Fsp3) is 0. The van der Waals surface area contributed by atoms with Crippen molar-refractivity contribution in [3.05, 3.63) is 11.2 Å². The highest BCUT2D eigenvalue weighted by molar-refractivity contribution is 6.74. The van der Waals surface area contributed by atoms with E-state index in [4.69, 9.17) is 15.8 Å². The van der Waals surface area contributed by atoms with E-state index in [2.05, 4.69) is 10.1 Å². The first-order valence-electron chi connectivity index (χ1n) is 2.68. The van der Waals surface area contributed by atoms with Crippen LogP contribution in [0.25, 0.3) is 0 Å². The number of allylic oxidation sites excluding steroid dienone is 2. The van der Waals surface area contributed by atoms with Crippen LogP contribution >= 0.6 is 0 Å². The molecule has 0 unspecified atom stereocenters. The first kappa shape index (κ1) is 6.99. The number of hydrogen-bond acceptors (Lipinski definition) is 5. The minimum atomic E-state index is -0.880. The summed E-state index contributed by atoms with van der Waals surface area (Å²) in [6.07, 6.45) is 0. The summed E-state index contributed by atoms with van der Waals surface area (Å²) in [6.45, 7) is -0.880. The maximum Gasteiger partial charge on any atom is 0.468 e. The molecule has 48 valence electrons. The normalized spacial score (nSPS) is 14.1. The van der Waals surface area contributed by atoms with Crippen molar-refractivity contribution in [3.63, 3.8) is 0 Å². The Balaban J connectivity index is 3.13. The Morgan fingerprint density at radius 1 is 1.18 bits per heavy atom. The molecule has 0 amide bonds. The van der Waals surface area contributed by atoms with Crippen LogP contribution in [-0.2, 0) is 0 Å². The Bertz CT molecular complexity index is 360. The summed E-state index contributed by atoms with van der Waals surface area (Å²) in [6, 6.07) is 3.39. The van der Waals surface area contributed by atoms with Gasteiger partial charge in [0.15, 0.2) is 5.70 Å². The third kappa shape index (κ3) is 0.954. The topological polar surface area (TPSA) is 96.1 Å². The fourth-order valence-corrected chi connectivity index (χ4v) is 0.644. The van der Waals surface area contributed by atoms with E-state index in [-0.39, 0.29) is 11.2 Å². The zero-order chi connectivity index (χ0) is 8.27. The van der Waals surface area contributed by atoms with E-state index in [1.54, 1.807) is 18.1 Å². The molecule has 0 saturated carbocycles. The second kappa shape index (κ2) is 2.64. The molecule has 0 aliphatic carbocycles. The van der Waals surface area contributed by atoms with Gasteiger partial charge in [-0.25, -0.2) is 10.3 Å². The highest BCUT2D eigenvalue weighted by Crippen LogP contribution is 2.16. The van der Waals surface area contributed by atoms with Crippen LogP contribution < -0.4 is 0 Å². The molecule has 0 atom stereocenters. The van der Waals surface area contributed by atoms with Crippen LogP contribution in [0.2, 0.25) is 0 Å². The second-order valence-corrected chi connectivity index (χ2v) is 1.73. The standard InChI is InChI=1S/C5BN5/c7-1-4-5(2-8)10-11-6(4)3-9. The number of nitriles is 3. The molecule has 0 fully saturated rings. The monoisotopic (exact) mass is 141 g/mol. The van der Waals surface area contributed by atoms with Crippen LogP contribution in [-0.4, -0.2) is 6.85 Å². The zero-order valence-electron chi connectivity index (χ0n) is 5.31. The van der Waals surface area contributed by atoms with Gasteiger partial charge in [-0.3, -0.25) is 0 Å². The van der Waals surface area contributed by atoms with Gasteiger partial charge < -0.3 is 0 Å². The highest BCUT2D eigenvalue weighted by atomic mass is 15.1. The molecule has 0 radical (unpaired) electrons. The van der Waals surface area contributed by atoms with Crippen molar-refractivity contribution in [2.24, 2.45) is 10.1 Å². The van der Waals surface area contributed by atoms with Gasteiger partial charge in [-0.15, -0.1) is 0 Å². The van der Waals surface area contributed by atoms with E-state index >= 15 is 0 Å². The Labute approximate surface area is 63.0 Å². The highest BCUT2D eigenvalue weighted by Gasteiger charge is 2.29. The summed E-state index contributed by atoms with van der Waals surface area (Å²) in [5.41, 5.74) is -0.0194. The third-order valence-electron chi connectivity index (χ3n) is 1.15. The minimum absolute atomic E-state index is 0.0370. The van der Waals surface area contributed by atoms with Crippen LogP contribution in [0.15, 0.2) is 21.3 Å². The number of hydrogen-bond donors (Lipinski definition) is 0. The van der Waals surface area contributed by atoms with E-state index in [1.165, 1.54) is 0 Å². The minimum Gasteiger partial charge on any atom is -0.224 e. The van der Waals surface area contributed by atoms with E-state index in [0.29, 0.717) is 0 Å². The molecule has 0 N–H and O–H groups in total. The smallest absolute Gasteiger partial charge is 0.224 e. The van der Waals surface area contributed by atoms with E-state index < -0.39 is 6.85 Å². The average Bonchev–Trinajstić information content (AvgIpc) is 2.45. The molecular weight excluding hydrogens is 141 g/mol. The third-order valence-corrected chi connectivity index (χ3v) is 1.15. The van der Waals surface area contributed by atoms with Crippen LogP contribution in [0.4, 0.5) is 0 Å². The first-order valence-corrected chi connectivity index (χ1v) is 2.68. The molecule has 1 aliphatic rings. The first-order chi connectivity index (χ1) is 5.33. The molecule has 0 aromatic heterocycles. The number of rotatable bonds is 0. The van der Waals surface area contributed by atoms with Gasteiger partial charge in [-0.1, -0.05) is 0 Å². The van der Waals surface area contributed by atoms with Gasteiger partial charge >= 0.3 is 6.85 Å². The molecule has 1 rings (SSSR count). The predicted molar refractivity (Wildman–Crippen MR) is 34.5 cm³/mol. The lowest BCUT2D eigenvalue weighted by Crippen LogP contribution is -2.06. The Morgan fingerprint density at radius 3 is 2.36 bits per heavy atom. The molecule has 1 aliphatic heterocycles. The van der Waals surface area contributed by atoms with Crippen molar-refractivity contribution in [1.82, 2.24) is 0 Å². The van der Waals surface area contributed by atoms with E-state index in [9.17, 15) is 0 Å². The van der Waals surface area contributed by atoms with Gasteiger partial charge in [0.25, 0.3) is 0 Å². The molecule has 6 heteroatoms. The Kier molecular flexibility index (Phi) is 1.68. The summed E-state index contributed by atoms with van der Waals surface area (Å²) in [5.74, 6) is 1.74. The SMILES string of the molecule is N#CB1N=NC(C#N)=C1C#N. The predicted octanol–water partition coefficient (Wildman–Crippen LogP) is 0.347. The van der Waals surface area contributed by atoms with Crippen LogP contribution in [0.5, 0.6) is 0 Å².